The van der Waals surface area contributed by atoms with E-state index in [4.69, 9.17) is 0 Å². The van der Waals surface area contributed by atoms with Gasteiger partial charge in [0.15, 0.2) is 5.82 Å². The summed E-state index contributed by atoms with van der Waals surface area (Å²) in [7, 11) is 0. The molecule has 0 amide bonds. The van der Waals surface area contributed by atoms with Crippen LogP contribution in [0.2, 0.25) is 0 Å². The molecule has 2 aromatic rings. The summed E-state index contributed by atoms with van der Waals surface area (Å²) in [6, 6.07) is 5.66. The molecule has 0 aliphatic rings. The molecule has 4 heteroatoms. The van der Waals surface area contributed by atoms with Crippen molar-refractivity contribution in [3.63, 3.8) is 0 Å². The van der Waals surface area contributed by atoms with Crippen LogP contribution >= 0.6 is 15.9 Å². The third-order valence-corrected chi connectivity index (χ3v) is 2.17. The molecule has 0 fully saturated rings. The Labute approximate surface area is 90.4 Å². The maximum absolute atomic E-state index is 4.34. The van der Waals surface area contributed by atoms with E-state index < -0.39 is 0 Å². The van der Waals surface area contributed by atoms with Crippen LogP contribution in [-0.4, -0.2) is 15.0 Å². The number of pyridine rings is 1. The van der Waals surface area contributed by atoms with Crippen molar-refractivity contribution in [2.45, 2.75) is 6.92 Å². The van der Waals surface area contributed by atoms with Crippen LogP contribution in [0.5, 0.6) is 0 Å². The fraction of sp³-hybridized carbons (Fsp3) is 0.100. The van der Waals surface area contributed by atoms with E-state index in [9.17, 15) is 0 Å². The van der Waals surface area contributed by atoms with Crippen molar-refractivity contribution in [3.8, 4) is 11.4 Å². The first-order valence-corrected chi connectivity index (χ1v) is 4.96. The smallest absolute Gasteiger partial charge is 0.160 e. The number of hydrogen-bond acceptors (Lipinski definition) is 3. The third kappa shape index (κ3) is 1.96. The highest BCUT2D eigenvalue weighted by atomic mass is 79.9. The van der Waals surface area contributed by atoms with Crippen LogP contribution in [0.25, 0.3) is 11.4 Å². The van der Waals surface area contributed by atoms with Gasteiger partial charge in [-0.1, -0.05) is 0 Å². The van der Waals surface area contributed by atoms with Crippen LogP contribution in [0.4, 0.5) is 0 Å². The lowest BCUT2D eigenvalue weighted by Gasteiger charge is -2.01. The summed E-state index contributed by atoms with van der Waals surface area (Å²) in [4.78, 5) is 12.6. The highest BCUT2D eigenvalue weighted by molar-refractivity contribution is 9.10. The Bertz CT molecular complexity index is 422. The second kappa shape index (κ2) is 3.84. The van der Waals surface area contributed by atoms with E-state index in [-0.39, 0.29) is 0 Å². The minimum absolute atomic E-state index is 0.722. The van der Waals surface area contributed by atoms with Gasteiger partial charge in [-0.25, -0.2) is 9.97 Å². The molecule has 0 atom stereocenters. The Morgan fingerprint density at radius 1 is 1.14 bits per heavy atom. The van der Waals surface area contributed by atoms with Gasteiger partial charge in [0.25, 0.3) is 0 Å². The Hall–Kier alpha value is -1.29. The van der Waals surface area contributed by atoms with Gasteiger partial charge in [0.2, 0.25) is 0 Å². The molecule has 14 heavy (non-hydrogen) atoms. The van der Waals surface area contributed by atoms with Gasteiger partial charge in [0.1, 0.15) is 4.60 Å². The van der Waals surface area contributed by atoms with Crippen molar-refractivity contribution in [3.05, 3.63) is 40.9 Å². The zero-order valence-corrected chi connectivity index (χ0v) is 9.19. The largest absolute Gasteiger partial charge is 0.265 e. The van der Waals surface area contributed by atoms with E-state index in [2.05, 4.69) is 30.9 Å². The second-order valence-electron chi connectivity index (χ2n) is 2.89. The molecule has 0 radical (unpaired) electrons. The van der Waals surface area contributed by atoms with Crippen LogP contribution < -0.4 is 0 Å². The summed E-state index contributed by atoms with van der Waals surface area (Å²) in [6.07, 6.45) is 3.46. The summed E-state index contributed by atoms with van der Waals surface area (Å²) in [5.41, 5.74) is 1.92. The normalized spacial score (nSPS) is 10.1. The monoisotopic (exact) mass is 249 g/mol. The SMILES string of the molecule is Cc1cc(Br)nc(-c2ccncc2)n1. The predicted molar refractivity (Wildman–Crippen MR) is 57.7 cm³/mol. The Kier molecular flexibility index (Phi) is 2.54. The van der Waals surface area contributed by atoms with E-state index in [0.29, 0.717) is 0 Å². The molecule has 2 heterocycles. The van der Waals surface area contributed by atoms with Crippen LogP contribution in [-0.2, 0) is 0 Å². The van der Waals surface area contributed by atoms with Gasteiger partial charge in [0.05, 0.1) is 0 Å². The van der Waals surface area contributed by atoms with Crippen LogP contribution in [0.3, 0.4) is 0 Å². The lowest BCUT2D eigenvalue weighted by Crippen LogP contribution is -1.92. The molecule has 3 nitrogen and oxygen atoms in total. The van der Waals surface area contributed by atoms with Crippen molar-refractivity contribution in [1.29, 1.82) is 0 Å². The number of aryl methyl sites for hydroxylation is 1. The summed E-state index contributed by atoms with van der Waals surface area (Å²) in [5.74, 6) is 0.722. The van der Waals surface area contributed by atoms with Gasteiger partial charge in [-0.2, -0.15) is 0 Å². The van der Waals surface area contributed by atoms with Crippen LogP contribution in [0.15, 0.2) is 35.2 Å². The maximum Gasteiger partial charge on any atom is 0.160 e. The second-order valence-corrected chi connectivity index (χ2v) is 3.70. The fourth-order valence-electron chi connectivity index (χ4n) is 1.16. The van der Waals surface area contributed by atoms with Gasteiger partial charge in [-0.05, 0) is 41.1 Å². The third-order valence-electron chi connectivity index (χ3n) is 1.76. The molecule has 0 bridgehead atoms. The first-order valence-electron chi connectivity index (χ1n) is 4.17. The molecule has 0 saturated heterocycles. The average molecular weight is 250 g/mol. The van der Waals surface area contributed by atoms with Gasteiger partial charge in [-0.3, -0.25) is 4.98 Å². The fourth-order valence-corrected chi connectivity index (χ4v) is 1.66. The van der Waals surface area contributed by atoms with Crippen molar-refractivity contribution in [1.82, 2.24) is 15.0 Å². The molecule has 0 aliphatic carbocycles. The first-order chi connectivity index (χ1) is 6.75. The summed E-state index contributed by atoms with van der Waals surface area (Å²) in [6.45, 7) is 1.94. The lowest BCUT2D eigenvalue weighted by molar-refractivity contribution is 1.09. The number of rotatable bonds is 1. The predicted octanol–water partition coefficient (Wildman–Crippen LogP) is 2.61. The molecule has 0 spiro atoms. The Balaban J connectivity index is 2.52. The summed E-state index contributed by atoms with van der Waals surface area (Å²) < 4.78 is 0.803. The molecule has 0 N–H and O–H groups in total. The van der Waals surface area contributed by atoms with Crippen LogP contribution in [0.1, 0.15) is 5.69 Å². The van der Waals surface area contributed by atoms with E-state index in [1.807, 2.05) is 25.1 Å². The zero-order valence-electron chi connectivity index (χ0n) is 7.61. The first kappa shape index (κ1) is 9.27. The van der Waals surface area contributed by atoms with Gasteiger partial charge in [-0.15, -0.1) is 0 Å². The average Bonchev–Trinajstić information content (AvgIpc) is 2.18. The minimum atomic E-state index is 0.722. The van der Waals surface area contributed by atoms with Crippen molar-refractivity contribution in [2.24, 2.45) is 0 Å². The summed E-state index contributed by atoms with van der Waals surface area (Å²) >= 11 is 3.34. The Morgan fingerprint density at radius 3 is 2.50 bits per heavy atom. The molecular weight excluding hydrogens is 242 g/mol. The summed E-state index contributed by atoms with van der Waals surface area (Å²) in [5, 5.41) is 0. The van der Waals surface area contributed by atoms with Crippen molar-refractivity contribution < 1.29 is 0 Å². The Morgan fingerprint density at radius 2 is 1.86 bits per heavy atom. The molecule has 2 rings (SSSR count). The van der Waals surface area contributed by atoms with E-state index in [0.717, 1.165) is 21.7 Å². The molecule has 0 aliphatic heterocycles. The van der Waals surface area contributed by atoms with Gasteiger partial charge >= 0.3 is 0 Å². The quantitative estimate of drug-likeness (QED) is 0.730. The molecular formula is C10H8BrN3. The highest BCUT2D eigenvalue weighted by Crippen LogP contribution is 2.16. The van der Waals surface area contributed by atoms with Gasteiger partial charge < -0.3 is 0 Å². The minimum Gasteiger partial charge on any atom is -0.265 e. The maximum atomic E-state index is 4.34. The molecule has 0 unspecified atom stereocenters. The standard InChI is InChI=1S/C10H8BrN3/c1-7-6-9(11)14-10(13-7)8-2-4-12-5-3-8/h2-6H,1H3. The number of halogens is 1. The van der Waals surface area contributed by atoms with E-state index >= 15 is 0 Å². The van der Waals surface area contributed by atoms with E-state index in [1.54, 1.807) is 12.4 Å². The molecule has 0 aromatic carbocycles. The molecule has 2 aromatic heterocycles. The molecule has 0 saturated carbocycles. The topological polar surface area (TPSA) is 38.7 Å². The van der Waals surface area contributed by atoms with Crippen LogP contribution in [0, 0.1) is 6.92 Å². The van der Waals surface area contributed by atoms with Crippen molar-refractivity contribution >= 4 is 15.9 Å². The molecule has 70 valence electrons. The van der Waals surface area contributed by atoms with Crippen molar-refractivity contribution in [2.75, 3.05) is 0 Å². The highest BCUT2D eigenvalue weighted by Gasteiger charge is 2.02. The number of hydrogen-bond donors (Lipinski definition) is 0. The lowest BCUT2D eigenvalue weighted by atomic mass is 10.2. The number of aromatic nitrogens is 3. The number of nitrogens with zero attached hydrogens (tertiary/aromatic N) is 3. The van der Waals surface area contributed by atoms with E-state index in [1.165, 1.54) is 0 Å². The van der Waals surface area contributed by atoms with Gasteiger partial charge in [0, 0.05) is 23.7 Å². The zero-order chi connectivity index (χ0) is 9.97.